The van der Waals surface area contributed by atoms with Crippen LogP contribution >= 0.6 is 0 Å². The molecule has 2 aliphatic rings. The van der Waals surface area contributed by atoms with Gasteiger partial charge in [-0.3, -0.25) is 9.69 Å². The third-order valence-electron chi connectivity index (χ3n) is 5.80. The van der Waals surface area contributed by atoms with Gasteiger partial charge in [-0.05, 0) is 39.2 Å². The number of rotatable bonds is 7. The number of carbonyl (C=O) groups is 1. The van der Waals surface area contributed by atoms with Crippen molar-refractivity contribution in [3.8, 4) is 12.1 Å². The molecule has 1 heterocycles. The molecule has 1 saturated carbocycles. The number of aliphatic hydroxyl groups is 1. The normalized spacial score (nSPS) is 29.8. The summed E-state index contributed by atoms with van der Waals surface area (Å²) in [6.45, 7) is 3.93. The van der Waals surface area contributed by atoms with Gasteiger partial charge in [-0.15, -0.1) is 0 Å². The Morgan fingerprint density at radius 1 is 1.20 bits per heavy atom. The summed E-state index contributed by atoms with van der Waals surface area (Å²) >= 11 is 0. The first-order valence-electron chi connectivity index (χ1n) is 9.47. The highest BCUT2D eigenvalue weighted by molar-refractivity contribution is 5.78. The fourth-order valence-corrected chi connectivity index (χ4v) is 4.46. The molecule has 0 bridgehead atoms. The van der Waals surface area contributed by atoms with E-state index >= 15 is 0 Å². The highest BCUT2D eigenvalue weighted by Crippen LogP contribution is 2.40. The lowest BCUT2D eigenvalue weighted by molar-refractivity contribution is -0.134. The molecule has 0 aromatic rings. The highest BCUT2D eigenvalue weighted by atomic mass is 16.3. The molecule has 0 aromatic carbocycles. The Hall–Kier alpha value is -1.63. The summed E-state index contributed by atoms with van der Waals surface area (Å²) in [5.41, 5.74) is -0.643. The third kappa shape index (κ3) is 5.17. The van der Waals surface area contributed by atoms with Crippen molar-refractivity contribution in [3.63, 3.8) is 0 Å². The van der Waals surface area contributed by atoms with Crippen LogP contribution in [-0.2, 0) is 4.79 Å². The molecule has 6 heteroatoms. The minimum atomic E-state index is -0.643. The first kappa shape index (κ1) is 19.7. The molecule has 2 rings (SSSR count). The number of nitrogens with zero attached hydrogens (tertiary/aromatic N) is 4. The molecule has 0 radical (unpaired) electrons. The molecule has 3 atom stereocenters. The molecule has 25 heavy (non-hydrogen) atoms. The van der Waals surface area contributed by atoms with E-state index < -0.39 is 5.60 Å². The summed E-state index contributed by atoms with van der Waals surface area (Å²) in [7, 11) is 0. The zero-order valence-electron chi connectivity index (χ0n) is 15.3. The molecule has 0 spiro atoms. The predicted molar refractivity (Wildman–Crippen MR) is 94.2 cm³/mol. The van der Waals surface area contributed by atoms with E-state index in [1.54, 1.807) is 4.90 Å². The Balaban J connectivity index is 2.00. The van der Waals surface area contributed by atoms with E-state index in [2.05, 4.69) is 17.0 Å². The van der Waals surface area contributed by atoms with Crippen molar-refractivity contribution in [3.05, 3.63) is 0 Å². The first-order chi connectivity index (χ1) is 12.0. The molecule has 1 aliphatic heterocycles. The average molecular weight is 346 g/mol. The highest BCUT2D eigenvalue weighted by Gasteiger charge is 2.43. The molecule has 2 fully saturated rings. The van der Waals surface area contributed by atoms with Crippen molar-refractivity contribution in [1.29, 1.82) is 10.5 Å². The Morgan fingerprint density at radius 3 is 2.48 bits per heavy atom. The molecular formula is C19H30N4O2. The van der Waals surface area contributed by atoms with Gasteiger partial charge in [0, 0.05) is 25.0 Å². The summed E-state index contributed by atoms with van der Waals surface area (Å²) in [6, 6.07) is 4.40. The second-order valence-electron chi connectivity index (χ2n) is 7.59. The predicted octanol–water partition coefficient (Wildman–Crippen LogP) is 2.05. The fraction of sp³-hybridized carbons (Fsp3) is 0.842. The van der Waals surface area contributed by atoms with Gasteiger partial charge in [0.25, 0.3) is 0 Å². The van der Waals surface area contributed by atoms with Gasteiger partial charge < -0.3 is 10.0 Å². The van der Waals surface area contributed by atoms with E-state index in [0.717, 1.165) is 45.1 Å². The van der Waals surface area contributed by atoms with E-state index in [4.69, 9.17) is 10.5 Å². The van der Waals surface area contributed by atoms with Crippen LogP contribution in [0, 0.1) is 28.6 Å². The van der Waals surface area contributed by atoms with Gasteiger partial charge in [-0.1, -0.05) is 12.8 Å². The second kappa shape index (κ2) is 9.17. The van der Waals surface area contributed by atoms with E-state index in [1.807, 2.05) is 6.92 Å². The molecule has 0 aromatic heterocycles. The van der Waals surface area contributed by atoms with Gasteiger partial charge >= 0.3 is 0 Å². The van der Waals surface area contributed by atoms with Gasteiger partial charge in [-0.2, -0.15) is 10.5 Å². The van der Waals surface area contributed by atoms with Crippen molar-refractivity contribution >= 4 is 5.91 Å². The maximum absolute atomic E-state index is 12.7. The minimum absolute atomic E-state index is 0.00662. The van der Waals surface area contributed by atoms with Crippen LogP contribution in [0.1, 0.15) is 58.3 Å². The van der Waals surface area contributed by atoms with Crippen LogP contribution in [0.25, 0.3) is 0 Å². The number of hydrogen-bond acceptors (Lipinski definition) is 5. The van der Waals surface area contributed by atoms with Crippen LogP contribution in [0.4, 0.5) is 0 Å². The smallest absolute Gasteiger partial charge is 0.236 e. The van der Waals surface area contributed by atoms with Crippen LogP contribution in [0.15, 0.2) is 0 Å². The van der Waals surface area contributed by atoms with Crippen LogP contribution in [-0.4, -0.2) is 58.6 Å². The molecule has 6 nitrogen and oxygen atoms in total. The maximum Gasteiger partial charge on any atom is 0.236 e. The lowest BCUT2D eigenvalue weighted by Crippen LogP contribution is -2.51. The molecule has 0 unspecified atom stereocenters. The summed E-state index contributed by atoms with van der Waals surface area (Å²) in [4.78, 5) is 16.6. The largest absolute Gasteiger partial charge is 0.390 e. The van der Waals surface area contributed by atoms with E-state index in [9.17, 15) is 9.90 Å². The monoisotopic (exact) mass is 346 g/mol. The van der Waals surface area contributed by atoms with Gasteiger partial charge in [0.2, 0.25) is 5.91 Å². The van der Waals surface area contributed by atoms with E-state index in [0.29, 0.717) is 19.6 Å². The number of hydrogen-bond donors (Lipinski definition) is 1. The van der Waals surface area contributed by atoms with Crippen LogP contribution in [0.3, 0.4) is 0 Å². The van der Waals surface area contributed by atoms with Crippen molar-refractivity contribution in [2.45, 2.75) is 69.9 Å². The summed E-state index contributed by atoms with van der Waals surface area (Å²) in [5.74, 6) is 0.219. The average Bonchev–Trinajstić information content (AvgIpc) is 3.02. The molecule has 138 valence electrons. The zero-order chi connectivity index (χ0) is 18.3. The first-order valence-corrected chi connectivity index (χ1v) is 9.47. The Labute approximate surface area is 151 Å². The van der Waals surface area contributed by atoms with Gasteiger partial charge in [-0.25, -0.2) is 0 Å². The Kier molecular flexibility index (Phi) is 7.23. The number of carbonyl (C=O) groups excluding carboxylic acids is 1. The molecular weight excluding hydrogens is 316 g/mol. The van der Waals surface area contributed by atoms with Gasteiger partial charge in [0.15, 0.2) is 0 Å². The lowest BCUT2D eigenvalue weighted by Gasteiger charge is -2.43. The third-order valence-corrected chi connectivity index (χ3v) is 5.80. The fourth-order valence-electron chi connectivity index (χ4n) is 4.46. The maximum atomic E-state index is 12.7. The summed E-state index contributed by atoms with van der Waals surface area (Å²) in [5, 5.41) is 28.4. The zero-order valence-corrected chi connectivity index (χ0v) is 15.3. The van der Waals surface area contributed by atoms with Crippen molar-refractivity contribution in [2.24, 2.45) is 5.92 Å². The number of likely N-dealkylation sites (tertiary alicyclic amines) is 1. The van der Waals surface area contributed by atoms with Crippen molar-refractivity contribution in [2.75, 3.05) is 26.2 Å². The van der Waals surface area contributed by atoms with Crippen LogP contribution < -0.4 is 0 Å². The van der Waals surface area contributed by atoms with Gasteiger partial charge in [0.1, 0.15) is 0 Å². The quantitative estimate of drug-likeness (QED) is 0.762. The molecule has 1 saturated heterocycles. The van der Waals surface area contributed by atoms with Crippen LogP contribution in [0.5, 0.6) is 0 Å². The number of nitriles is 2. The lowest BCUT2D eigenvalue weighted by atomic mass is 9.72. The van der Waals surface area contributed by atoms with Gasteiger partial charge in [0.05, 0.1) is 37.1 Å². The van der Waals surface area contributed by atoms with E-state index in [-0.39, 0.29) is 30.7 Å². The molecule has 1 aliphatic carbocycles. The standard InChI is InChI=1S/C19H30N4O2/c1-19(25)9-3-2-7-16(19)17-8-4-12-23(17)15-18(24)22(13-5-10-20)14-6-11-21/h16-17,25H,2-9,12-15H2,1H3/t16-,17-,19-/m0/s1. The SMILES string of the molecule is C[C@]1(O)CCCC[C@H]1[C@@H]1CCCN1CC(=O)N(CCC#N)CCC#N. The Bertz CT molecular complexity index is 517. The Morgan fingerprint density at radius 2 is 1.88 bits per heavy atom. The van der Waals surface area contributed by atoms with Crippen molar-refractivity contribution in [1.82, 2.24) is 9.80 Å². The van der Waals surface area contributed by atoms with Crippen LogP contribution in [0.2, 0.25) is 0 Å². The van der Waals surface area contributed by atoms with Crippen molar-refractivity contribution < 1.29 is 9.90 Å². The van der Waals surface area contributed by atoms with E-state index in [1.165, 1.54) is 0 Å². The summed E-state index contributed by atoms with van der Waals surface area (Å²) < 4.78 is 0. The minimum Gasteiger partial charge on any atom is -0.390 e. The topological polar surface area (TPSA) is 91.4 Å². The molecule has 1 N–H and O–H groups in total. The molecule has 1 amide bonds. The second-order valence-corrected chi connectivity index (χ2v) is 7.59. The number of amides is 1. The summed E-state index contributed by atoms with van der Waals surface area (Å²) in [6.07, 6.45) is 6.75.